The zero-order valence-corrected chi connectivity index (χ0v) is 18.0. The molecule has 3 N–H and O–H groups in total. The van der Waals surface area contributed by atoms with E-state index in [1.807, 2.05) is 7.05 Å². The number of halogens is 4. The number of rotatable bonds is 5. The van der Waals surface area contributed by atoms with Crippen molar-refractivity contribution < 1.29 is 41.4 Å². The number of thiol groups is 1. The molecule has 1 aromatic rings. The molecule has 1 aliphatic rings. The monoisotopic (exact) mass is 492 g/mol. The minimum absolute atomic E-state index is 0.0423. The Labute approximate surface area is 181 Å². The van der Waals surface area contributed by atoms with E-state index in [1.165, 1.54) is 18.2 Å². The summed E-state index contributed by atoms with van der Waals surface area (Å²) in [6.07, 6.45) is -4.15. The van der Waals surface area contributed by atoms with E-state index in [1.54, 1.807) is 6.07 Å². The lowest BCUT2D eigenvalue weighted by Crippen LogP contribution is -2.57. The van der Waals surface area contributed by atoms with Gasteiger partial charge in [0, 0.05) is 4.75 Å². The highest BCUT2D eigenvalue weighted by Gasteiger charge is 2.44. The molecule has 170 valence electrons. The maximum Gasteiger partial charge on any atom is 0.490 e. The molecule has 1 heterocycles. The quantitative estimate of drug-likeness (QED) is 0.464. The third-order valence-electron chi connectivity index (χ3n) is 4.28. The smallest absolute Gasteiger partial charge is 0.480 e. The number of sulfonamides is 1. The molecule has 1 aromatic carbocycles. The first-order chi connectivity index (χ1) is 13.6. The zero-order valence-electron chi connectivity index (χ0n) is 15.6. The first-order valence-electron chi connectivity index (χ1n) is 8.31. The van der Waals surface area contributed by atoms with Gasteiger partial charge in [-0.05, 0) is 45.1 Å². The number of carboxylic acid groups (broad SMARTS) is 2. The highest BCUT2D eigenvalue weighted by molar-refractivity contribution is 7.89. The third kappa shape index (κ3) is 7.30. The molecular formula is C16H20ClF3N2O6S2. The van der Waals surface area contributed by atoms with Crippen molar-refractivity contribution in [2.24, 2.45) is 0 Å². The van der Waals surface area contributed by atoms with E-state index in [2.05, 4.69) is 22.3 Å². The number of piperidine rings is 1. The Bertz CT molecular complexity index is 874. The maximum atomic E-state index is 12.5. The molecule has 30 heavy (non-hydrogen) atoms. The molecule has 2 rings (SSSR count). The van der Waals surface area contributed by atoms with Crippen LogP contribution in [-0.2, 0) is 19.6 Å². The second-order valence-corrected chi connectivity index (χ2v) is 9.51. The molecule has 8 nitrogen and oxygen atoms in total. The number of carbonyl (C=O) groups is 2. The SMILES string of the molecule is CN1CCC(S)(C(NS(=O)(=O)c2ccccc2Cl)C(=O)O)CC1.O=C(O)C(F)(F)F. The van der Waals surface area contributed by atoms with E-state index >= 15 is 0 Å². The van der Waals surface area contributed by atoms with Gasteiger partial charge in [0.2, 0.25) is 10.0 Å². The van der Waals surface area contributed by atoms with Gasteiger partial charge in [-0.25, -0.2) is 13.2 Å². The Morgan fingerprint density at radius 3 is 2.10 bits per heavy atom. The van der Waals surface area contributed by atoms with E-state index in [0.29, 0.717) is 25.9 Å². The molecule has 1 fully saturated rings. The lowest BCUT2D eigenvalue weighted by atomic mass is 9.89. The second kappa shape index (κ2) is 10.2. The highest BCUT2D eigenvalue weighted by atomic mass is 35.5. The van der Waals surface area contributed by atoms with E-state index < -0.39 is 38.9 Å². The standard InChI is InChI=1S/C14H19ClN2O4S2.C2HF3O2/c1-17-8-6-14(22,7-9-17)12(13(18)19)16-23(20,21)11-5-3-2-4-10(11)15;3-2(4,5)1(6)7/h2-5,12,16,22H,6-9H2,1H3,(H,18,19);(H,6,7). The summed E-state index contributed by atoms with van der Waals surface area (Å²) in [5.41, 5.74) is 0. The van der Waals surface area contributed by atoms with Gasteiger partial charge in [0.1, 0.15) is 10.9 Å². The summed E-state index contributed by atoms with van der Waals surface area (Å²) in [4.78, 5) is 22.5. The molecule has 0 radical (unpaired) electrons. The first kappa shape index (κ1) is 26.5. The van der Waals surface area contributed by atoms with Crippen molar-refractivity contribution in [1.29, 1.82) is 0 Å². The van der Waals surface area contributed by atoms with Crippen molar-refractivity contribution in [3.63, 3.8) is 0 Å². The summed E-state index contributed by atoms with van der Waals surface area (Å²) < 4.78 is 58.1. The second-order valence-electron chi connectivity index (χ2n) is 6.53. The molecule has 0 saturated carbocycles. The van der Waals surface area contributed by atoms with Crippen LogP contribution in [0.3, 0.4) is 0 Å². The van der Waals surface area contributed by atoms with Crippen LogP contribution >= 0.6 is 24.2 Å². The molecule has 14 heteroatoms. The number of benzene rings is 1. The summed E-state index contributed by atoms with van der Waals surface area (Å²) in [5, 5.41) is 16.7. The van der Waals surface area contributed by atoms with Crippen molar-refractivity contribution in [3.05, 3.63) is 29.3 Å². The van der Waals surface area contributed by atoms with E-state index in [-0.39, 0.29) is 9.92 Å². The van der Waals surface area contributed by atoms with Crippen LogP contribution in [0.4, 0.5) is 13.2 Å². The topological polar surface area (TPSA) is 124 Å². The fourth-order valence-corrected chi connectivity index (χ4v) is 4.81. The molecule has 0 aromatic heterocycles. The number of alkyl halides is 3. The molecule has 1 atom stereocenters. The summed E-state index contributed by atoms with van der Waals surface area (Å²) >= 11 is 10.4. The minimum atomic E-state index is -5.08. The zero-order chi connectivity index (χ0) is 23.3. The average Bonchev–Trinajstić information content (AvgIpc) is 2.62. The summed E-state index contributed by atoms with van der Waals surface area (Å²) in [6.45, 7) is 1.31. The van der Waals surface area contributed by atoms with Gasteiger partial charge in [-0.1, -0.05) is 23.7 Å². The largest absolute Gasteiger partial charge is 0.490 e. The van der Waals surface area contributed by atoms with Gasteiger partial charge in [0.25, 0.3) is 0 Å². The summed E-state index contributed by atoms with van der Waals surface area (Å²) in [5.74, 6) is -4.01. The Balaban J connectivity index is 0.000000553. The van der Waals surface area contributed by atoms with Crippen molar-refractivity contribution in [2.45, 2.75) is 34.7 Å². The third-order valence-corrected chi connectivity index (χ3v) is 6.91. The molecule has 0 amide bonds. The number of hydrogen-bond donors (Lipinski definition) is 4. The van der Waals surface area contributed by atoms with Gasteiger partial charge < -0.3 is 15.1 Å². The van der Waals surface area contributed by atoms with Crippen LogP contribution in [0.15, 0.2) is 29.2 Å². The number of nitrogens with zero attached hydrogens (tertiary/aromatic N) is 1. The Hall–Kier alpha value is -1.54. The summed E-state index contributed by atoms with van der Waals surface area (Å²) in [7, 11) is -2.13. The minimum Gasteiger partial charge on any atom is -0.480 e. The van der Waals surface area contributed by atoms with Crippen molar-refractivity contribution in [3.8, 4) is 0 Å². The van der Waals surface area contributed by atoms with Gasteiger partial charge >= 0.3 is 18.1 Å². The normalized spacial score (nSPS) is 18.1. The number of nitrogens with one attached hydrogen (secondary N) is 1. The number of hydrogen-bond acceptors (Lipinski definition) is 6. The lowest BCUT2D eigenvalue weighted by Gasteiger charge is -2.40. The predicted molar refractivity (Wildman–Crippen MR) is 105 cm³/mol. The van der Waals surface area contributed by atoms with Crippen molar-refractivity contribution >= 4 is 46.2 Å². The van der Waals surface area contributed by atoms with Gasteiger partial charge in [0.05, 0.1) is 5.02 Å². The predicted octanol–water partition coefficient (Wildman–Crippen LogP) is 2.10. The van der Waals surface area contributed by atoms with E-state index in [9.17, 15) is 31.5 Å². The van der Waals surface area contributed by atoms with Gasteiger partial charge in [-0.3, -0.25) is 4.79 Å². The fourth-order valence-electron chi connectivity index (χ4n) is 2.57. The molecule has 0 aliphatic carbocycles. The molecule has 0 spiro atoms. The number of likely N-dealkylation sites (tertiary alicyclic amines) is 1. The number of carboxylic acids is 2. The van der Waals surface area contributed by atoms with Gasteiger partial charge in [-0.2, -0.15) is 30.5 Å². The van der Waals surface area contributed by atoms with Gasteiger partial charge in [0.15, 0.2) is 0 Å². The van der Waals surface area contributed by atoms with Crippen LogP contribution in [0.25, 0.3) is 0 Å². The molecule has 1 unspecified atom stereocenters. The molecule has 0 bridgehead atoms. The average molecular weight is 493 g/mol. The Morgan fingerprint density at radius 2 is 1.70 bits per heavy atom. The summed E-state index contributed by atoms with van der Waals surface area (Å²) in [6, 6.07) is 4.58. The van der Waals surface area contributed by atoms with Crippen LogP contribution in [0.1, 0.15) is 12.8 Å². The Morgan fingerprint density at radius 1 is 1.23 bits per heavy atom. The maximum absolute atomic E-state index is 12.5. The van der Waals surface area contributed by atoms with E-state index in [4.69, 9.17) is 21.5 Å². The van der Waals surface area contributed by atoms with Crippen LogP contribution in [0, 0.1) is 0 Å². The van der Waals surface area contributed by atoms with Gasteiger partial charge in [-0.15, -0.1) is 0 Å². The van der Waals surface area contributed by atoms with Crippen LogP contribution in [-0.4, -0.2) is 72.6 Å². The first-order valence-corrected chi connectivity index (χ1v) is 10.6. The number of aliphatic carboxylic acids is 2. The fraction of sp³-hybridized carbons (Fsp3) is 0.500. The van der Waals surface area contributed by atoms with Crippen LogP contribution in [0.2, 0.25) is 5.02 Å². The van der Waals surface area contributed by atoms with Crippen LogP contribution < -0.4 is 4.72 Å². The molecule has 1 aliphatic heterocycles. The molecular weight excluding hydrogens is 473 g/mol. The lowest BCUT2D eigenvalue weighted by molar-refractivity contribution is -0.192. The van der Waals surface area contributed by atoms with Crippen molar-refractivity contribution in [1.82, 2.24) is 9.62 Å². The Kier molecular flexibility index (Phi) is 8.99. The molecule has 1 saturated heterocycles. The highest BCUT2D eigenvalue weighted by Crippen LogP contribution is 2.33. The van der Waals surface area contributed by atoms with Crippen LogP contribution in [0.5, 0.6) is 0 Å². The van der Waals surface area contributed by atoms with E-state index in [0.717, 1.165) is 0 Å². The van der Waals surface area contributed by atoms with Crippen molar-refractivity contribution in [2.75, 3.05) is 20.1 Å².